The molecule has 134 valence electrons. The Morgan fingerprint density at radius 3 is 2.59 bits per heavy atom. The summed E-state index contributed by atoms with van der Waals surface area (Å²) >= 11 is 0. The smallest absolute Gasteiger partial charge is 0.274 e. The molecule has 0 atom stereocenters. The quantitative estimate of drug-likeness (QED) is 0.717. The fourth-order valence-electron chi connectivity index (χ4n) is 2.81. The average molecular weight is 356 g/mol. The summed E-state index contributed by atoms with van der Waals surface area (Å²) in [6, 6.07) is 22.8. The van der Waals surface area contributed by atoms with Gasteiger partial charge in [-0.05, 0) is 36.8 Å². The zero-order chi connectivity index (χ0) is 19.1. The van der Waals surface area contributed by atoms with Gasteiger partial charge in [0.15, 0.2) is 0 Å². The molecule has 0 aliphatic carbocycles. The van der Waals surface area contributed by atoms with Gasteiger partial charge in [-0.2, -0.15) is 5.26 Å². The predicted molar refractivity (Wildman–Crippen MR) is 107 cm³/mol. The number of carbonyl (C=O) groups excluding carboxylic acids is 1. The molecule has 5 heteroatoms. The van der Waals surface area contributed by atoms with E-state index in [2.05, 4.69) is 40.3 Å². The van der Waals surface area contributed by atoms with E-state index >= 15 is 0 Å². The second-order valence-corrected chi connectivity index (χ2v) is 6.01. The van der Waals surface area contributed by atoms with Crippen molar-refractivity contribution in [3.63, 3.8) is 0 Å². The lowest BCUT2D eigenvalue weighted by Crippen LogP contribution is -2.23. The number of carbonyl (C=O) groups is 1. The minimum Gasteiger partial charge on any atom is -0.367 e. The van der Waals surface area contributed by atoms with Crippen LogP contribution in [-0.4, -0.2) is 17.4 Å². The molecule has 0 fully saturated rings. The molecule has 0 aliphatic heterocycles. The number of amides is 1. The second-order valence-electron chi connectivity index (χ2n) is 6.01. The van der Waals surface area contributed by atoms with E-state index in [4.69, 9.17) is 5.26 Å². The summed E-state index contributed by atoms with van der Waals surface area (Å²) in [5.41, 5.74) is 3.34. The van der Waals surface area contributed by atoms with E-state index in [-0.39, 0.29) is 5.91 Å². The molecule has 1 heterocycles. The van der Waals surface area contributed by atoms with Gasteiger partial charge < -0.3 is 10.2 Å². The summed E-state index contributed by atoms with van der Waals surface area (Å²) in [5, 5.41) is 11.9. The molecule has 0 aliphatic rings. The van der Waals surface area contributed by atoms with Crippen molar-refractivity contribution in [3.05, 3.63) is 89.7 Å². The molecular weight excluding hydrogens is 336 g/mol. The van der Waals surface area contributed by atoms with Crippen LogP contribution in [0.5, 0.6) is 0 Å². The number of hydrogen-bond donors (Lipinski definition) is 1. The molecule has 3 aromatic rings. The van der Waals surface area contributed by atoms with Crippen LogP contribution in [0, 0.1) is 11.3 Å². The van der Waals surface area contributed by atoms with Crippen LogP contribution in [0.3, 0.4) is 0 Å². The highest BCUT2D eigenvalue weighted by atomic mass is 16.1. The highest BCUT2D eigenvalue weighted by Gasteiger charge is 2.13. The molecule has 5 nitrogen and oxygen atoms in total. The first kappa shape index (κ1) is 18.2. The van der Waals surface area contributed by atoms with Crippen molar-refractivity contribution in [2.45, 2.75) is 13.5 Å². The van der Waals surface area contributed by atoms with Gasteiger partial charge in [0.2, 0.25) is 0 Å². The van der Waals surface area contributed by atoms with Gasteiger partial charge in [-0.25, -0.2) is 0 Å². The number of nitriles is 1. The number of nitrogens with one attached hydrogen (secondary N) is 1. The standard InChI is InChI=1S/C22H20N4O/c1-2-26(16-17-8-4-3-5-9-17)19-12-13-24-21(14-19)22(27)25-20-11-7-6-10-18(20)15-23/h3-14H,2,16H2,1H3,(H,25,27). The van der Waals surface area contributed by atoms with Gasteiger partial charge in [0.25, 0.3) is 5.91 Å². The molecule has 0 saturated carbocycles. The minimum atomic E-state index is -0.338. The Morgan fingerprint density at radius 1 is 1.11 bits per heavy atom. The van der Waals surface area contributed by atoms with Gasteiger partial charge in [-0.1, -0.05) is 42.5 Å². The van der Waals surface area contributed by atoms with E-state index in [9.17, 15) is 4.79 Å². The third kappa shape index (κ3) is 4.50. The number of anilines is 2. The van der Waals surface area contributed by atoms with Gasteiger partial charge in [0.1, 0.15) is 11.8 Å². The zero-order valence-corrected chi connectivity index (χ0v) is 15.1. The number of rotatable bonds is 6. The highest BCUT2D eigenvalue weighted by Crippen LogP contribution is 2.19. The molecule has 0 spiro atoms. The third-order valence-electron chi connectivity index (χ3n) is 4.24. The molecular formula is C22H20N4O. The normalized spacial score (nSPS) is 10.1. The Kier molecular flexibility index (Phi) is 5.80. The minimum absolute atomic E-state index is 0.312. The van der Waals surface area contributed by atoms with E-state index in [1.54, 1.807) is 36.5 Å². The summed E-state index contributed by atoms with van der Waals surface area (Å²) in [6.07, 6.45) is 1.63. The van der Waals surface area contributed by atoms with Crippen molar-refractivity contribution >= 4 is 17.3 Å². The maximum absolute atomic E-state index is 12.6. The largest absolute Gasteiger partial charge is 0.367 e. The van der Waals surface area contributed by atoms with Crippen LogP contribution in [0.2, 0.25) is 0 Å². The van der Waals surface area contributed by atoms with Crippen molar-refractivity contribution in [2.24, 2.45) is 0 Å². The number of aromatic nitrogens is 1. The van der Waals surface area contributed by atoms with Crippen molar-refractivity contribution in [1.29, 1.82) is 5.26 Å². The summed E-state index contributed by atoms with van der Waals surface area (Å²) < 4.78 is 0. The van der Waals surface area contributed by atoms with Gasteiger partial charge in [0, 0.05) is 25.0 Å². The van der Waals surface area contributed by atoms with Gasteiger partial charge >= 0.3 is 0 Å². The van der Waals surface area contributed by atoms with Crippen LogP contribution in [0.1, 0.15) is 28.5 Å². The van der Waals surface area contributed by atoms with Crippen LogP contribution in [0.15, 0.2) is 72.9 Å². The maximum atomic E-state index is 12.6. The van der Waals surface area contributed by atoms with Crippen LogP contribution in [0.25, 0.3) is 0 Å². The number of para-hydroxylation sites is 1. The molecule has 1 aromatic heterocycles. The van der Waals surface area contributed by atoms with E-state index in [1.165, 1.54) is 5.56 Å². The van der Waals surface area contributed by atoms with Crippen LogP contribution in [-0.2, 0) is 6.54 Å². The molecule has 27 heavy (non-hydrogen) atoms. The van der Waals surface area contributed by atoms with E-state index in [0.29, 0.717) is 16.9 Å². The monoisotopic (exact) mass is 356 g/mol. The first-order valence-electron chi connectivity index (χ1n) is 8.76. The molecule has 3 rings (SSSR count). The van der Waals surface area contributed by atoms with E-state index in [1.807, 2.05) is 24.3 Å². The first-order valence-corrected chi connectivity index (χ1v) is 8.76. The summed E-state index contributed by atoms with van der Waals surface area (Å²) in [6.45, 7) is 3.63. The Balaban J connectivity index is 1.80. The lowest BCUT2D eigenvalue weighted by atomic mass is 10.2. The summed E-state index contributed by atoms with van der Waals surface area (Å²) in [5.74, 6) is -0.338. The number of nitrogens with zero attached hydrogens (tertiary/aromatic N) is 3. The van der Waals surface area contributed by atoms with Gasteiger partial charge in [-0.15, -0.1) is 0 Å². The van der Waals surface area contributed by atoms with Crippen LogP contribution < -0.4 is 10.2 Å². The Hall–Kier alpha value is -3.65. The average Bonchev–Trinajstić information content (AvgIpc) is 2.73. The Bertz CT molecular complexity index is 963. The molecule has 1 amide bonds. The van der Waals surface area contributed by atoms with Gasteiger partial charge in [-0.3, -0.25) is 9.78 Å². The predicted octanol–water partition coefficient (Wildman–Crippen LogP) is 4.23. The van der Waals surface area contributed by atoms with Crippen molar-refractivity contribution in [2.75, 3.05) is 16.8 Å². The van der Waals surface area contributed by atoms with Crippen LogP contribution >= 0.6 is 0 Å². The van der Waals surface area contributed by atoms with Gasteiger partial charge in [0.05, 0.1) is 11.3 Å². The second kappa shape index (κ2) is 8.63. The Morgan fingerprint density at radius 2 is 1.85 bits per heavy atom. The fraction of sp³-hybridized carbons (Fsp3) is 0.136. The zero-order valence-electron chi connectivity index (χ0n) is 15.1. The maximum Gasteiger partial charge on any atom is 0.274 e. The lowest BCUT2D eigenvalue weighted by Gasteiger charge is -2.23. The molecule has 0 radical (unpaired) electrons. The SMILES string of the molecule is CCN(Cc1ccccc1)c1ccnc(C(=O)Nc2ccccc2C#N)c1. The van der Waals surface area contributed by atoms with Crippen molar-refractivity contribution in [1.82, 2.24) is 4.98 Å². The number of pyridine rings is 1. The lowest BCUT2D eigenvalue weighted by molar-refractivity contribution is 0.102. The molecule has 0 unspecified atom stereocenters. The molecule has 0 saturated heterocycles. The molecule has 2 aromatic carbocycles. The first-order chi connectivity index (χ1) is 13.2. The molecule has 0 bridgehead atoms. The van der Waals surface area contributed by atoms with E-state index < -0.39 is 0 Å². The fourth-order valence-corrected chi connectivity index (χ4v) is 2.81. The third-order valence-corrected chi connectivity index (χ3v) is 4.24. The highest BCUT2D eigenvalue weighted by molar-refractivity contribution is 6.04. The summed E-state index contributed by atoms with van der Waals surface area (Å²) in [7, 11) is 0. The van der Waals surface area contributed by atoms with E-state index in [0.717, 1.165) is 18.8 Å². The Labute approximate surface area is 158 Å². The topological polar surface area (TPSA) is 69.0 Å². The van der Waals surface area contributed by atoms with Crippen molar-refractivity contribution in [3.8, 4) is 6.07 Å². The van der Waals surface area contributed by atoms with Crippen molar-refractivity contribution < 1.29 is 4.79 Å². The summed E-state index contributed by atoms with van der Waals surface area (Å²) in [4.78, 5) is 19.0. The van der Waals surface area contributed by atoms with Crippen LogP contribution in [0.4, 0.5) is 11.4 Å². The number of benzene rings is 2. The number of hydrogen-bond acceptors (Lipinski definition) is 4. The molecule has 1 N–H and O–H groups in total.